The van der Waals surface area contributed by atoms with Gasteiger partial charge in [0.05, 0.1) is 19.3 Å². The molecule has 0 aliphatic carbocycles. The molecule has 0 aromatic carbocycles. The first-order valence-corrected chi connectivity index (χ1v) is 3.16. The third-order valence-electron chi connectivity index (χ3n) is 1.72. The second-order valence-electron chi connectivity index (χ2n) is 2.52. The topological polar surface area (TPSA) is 49.7 Å². The van der Waals surface area contributed by atoms with E-state index < -0.39 is 6.10 Å². The Bertz CT molecular complexity index is 94.3. The molecule has 0 spiro atoms. The summed E-state index contributed by atoms with van der Waals surface area (Å²) in [4.78, 5) is 0. The molecule has 1 aliphatic heterocycles. The maximum Gasteiger partial charge on any atom is 0.107 e. The predicted octanol–water partition coefficient (Wildman–Crippen LogP) is -0.626. The molecule has 3 nitrogen and oxygen atoms in total. The van der Waals surface area contributed by atoms with Gasteiger partial charge in [0.15, 0.2) is 0 Å². The lowest BCUT2D eigenvalue weighted by molar-refractivity contribution is 0.00208. The van der Waals surface area contributed by atoms with Crippen molar-refractivity contribution in [3.63, 3.8) is 0 Å². The Morgan fingerprint density at radius 3 is 2.56 bits per heavy atom. The molecule has 0 saturated carbocycles. The van der Waals surface area contributed by atoms with E-state index in [9.17, 15) is 5.11 Å². The Morgan fingerprint density at radius 2 is 2.33 bits per heavy atom. The molecule has 54 valence electrons. The SMILES string of the molecule is CC1CO[C@H](CO)[C@H]1O. The third kappa shape index (κ3) is 1.23. The van der Waals surface area contributed by atoms with Crippen LogP contribution in [0.25, 0.3) is 0 Å². The zero-order chi connectivity index (χ0) is 6.85. The highest BCUT2D eigenvalue weighted by Gasteiger charge is 2.31. The van der Waals surface area contributed by atoms with Crippen molar-refractivity contribution < 1.29 is 14.9 Å². The van der Waals surface area contributed by atoms with E-state index in [1.165, 1.54) is 0 Å². The van der Waals surface area contributed by atoms with Crippen molar-refractivity contribution in [2.45, 2.75) is 19.1 Å². The first-order valence-electron chi connectivity index (χ1n) is 3.16. The molecule has 0 aromatic heterocycles. The molecule has 1 aliphatic rings. The summed E-state index contributed by atoms with van der Waals surface area (Å²) >= 11 is 0. The monoisotopic (exact) mass is 132 g/mol. The standard InChI is InChI=1S/C6H12O3/c1-4-3-9-5(2-7)6(4)8/h4-8H,2-3H2,1H3/t4?,5-,6+/m1/s1. The quantitative estimate of drug-likeness (QED) is 0.499. The average molecular weight is 132 g/mol. The lowest BCUT2D eigenvalue weighted by Crippen LogP contribution is -2.27. The molecule has 3 atom stereocenters. The van der Waals surface area contributed by atoms with Crippen LogP contribution in [-0.4, -0.2) is 35.6 Å². The normalized spacial score (nSPS) is 43.7. The summed E-state index contributed by atoms with van der Waals surface area (Å²) in [6.45, 7) is 2.39. The summed E-state index contributed by atoms with van der Waals surface area (Å²) in [5.74, 6) is 0.169. The fourth-order valence-electron chi connectivity index (χ4n) is 1.000. The lowest BCUT2D eigenvalue weighted by Gasteiger charge is -2.10. The minimum atomic E-state index is -0.477. The summed E-state index contributed by atoms with van der Waals surface area (Å²) in [5, 5.41) is 17.7. The van der Waals surface area contributed by atoms with Crippen molar-refractivity contribution in [2.75, 3.05) is 13.2 Å². The van der Waals surface area contributed by atoms with Crippen molar-refractivity contribution >= 4 is 0 Å². The molecule has 0 aromatic rings. The van der Waals surface area contributed by atoms with E-state index in [4.69, 9.17) is 9.84 Å². The zero-order valence-corrected chi connectivity index (χ0v) is 5.45. The number of hydrogen-bond donors (Lipinski definition) is 2. The van der Waals surface area contributed by atoms with Crippen molar-refractivity contribution in [3.05, 3.63) is 0 Å². The Kier molecular flexibility index (Phi) is 2.05. The van der Waals surface area contributed by atoms with Crippen LogP contribution in [0.3, 0.4) is 0 Å². The zero-order valence-electron chi connectivity index (χ0n) is 5.45. The van der Waals surface area contributed by atoms with Gasteiger partial charge in [-0.3, -0.25) is 0 Å². The van der Waals surface area contributed by atoms with Gasteiger partial charge in [0, 0.05) is 5.92 Å². The van der Waals surface area contributed by atoms with Crippen molar-refractivity contribution in [1.29, 1.82) is 0 Å². The summed E-state index contributed by atoms with van der Waals surface area (Å²) in [6, 6.07) is 0. The van der Waals surface area contributed by atoms with Gasteiger partial charge in [0.25, 0.3) is 0 Å². The van der Waals surface area contributed by atoms with Crippen LogP contribution < -0.4 is 0 Å². The number of aliphatic hydroxyl groups excluding tert-OH is 2. The van der Waals surface area contributed by atoms with E-state index in [-0.39, 0.29) is 18.6 Å². The molecule has 2 N–H and O–H groups in total. The van der Waals surface area contributed by atoms with Gasteiger partial charge in [-0.25, -0.2) is 0 Å². The molecule has 9 heavy (non-hydrogen) atoms. The van der Waals surface area contributed by atoms with Crippen LogP contribution in [0.1, 0.15) is 6.92 Å². The van der Waals surface area contributed by atoms with E-state index in [0.29, 0.717) is 6.61 Å². The van der Waals surface area contributed by atoms with E-state index in [1.54, 1.807) is 0 Å². The van der Waals surface area contributed by atoms with Gasteiger partial charge in [-0.05, 0) is 0 Å². The van der Waals surface area contributed by atoms with E-state index in [1.807, 2.05) is 6.92 Å². The van der Waals surface area contributed by atoms with Gasteiger partial charge in [0.2, 0.25) is 0 Å². The Morgan fingerprint density at radius 1 is 1.67 bits per heavy atom. The van der Waals surface area contributed by atoms with E-state index in [2.05, 4.69) is 0 Å². The fraction of sp³-hybridized carbons (Fsp3) is 1.00. The van der Waals surface area contributed by atoms with Crippen LogP contribution in [0, 0.1) is 5.92 Å². The highest BCUT2D eigenvalue weighted by atomic mass is 16.5. The van der Waals surface area contributed by atoms with Crippen LogP contribution in [0.4, 0.5) is 0 Å². The first-order chi connectivity index (χ1) is 4.25. The molecule has 1 saturated heterocycles. The Hall–Kier alpha value is -0.120. The fourth-order valence-corrected chi connectivity index (χ4v) is 1.000. The van der Waals surface area contributed by atoms with Crippen LogP contribution in [0.2, 0.25) is 0 Å². The smallest absolute Gasteiger partial charge is 0.107 e. The van der Waals surface area contributed by atoms with Gasteiger partial charge in [0.1, 0.15) is 6.10 Å². The number of hydrogen-bond acceptors (Lipinski definition) is 3. The van der Waals surface area contributed by atoms with Crippen LogP contribution in [0.15, 0.2) is 0 Å². The highest BCUT2D eigenvalue weighted by molar-refractivity contribution is 4.79. The molecule has 1 fully saturated rings. The maximum atomic E-state index is 9.17. The highest BCUT2D eigenvalue weighted by Crippen LogP contribution is 2.18. The lowest BCUT2D eigenvalue weighted by atomic mass is 10.1. The van der Waals surface area contributed by atoms with Gasteiger partial charge in [-0.2, -0.15) is 0 Å². The molecule has 1 rings (SSSR count). The molecule has 1 unspecified atom stereocenters. The predicted molar refractivity (Wildman–Crippen MR) is 32.0 cm³/mol. The molecule has 0 bridgehead atoms. The number of aliphatic hydroxyl groups is 2. The van der Waals surface area contributed by atoms with E-state index in [0.717, 1.165) is 0 Å². The van der Waals surface area contributed by atoms with Crippen molar-refractivity contribution in [1.82, 2.24) is 0 Å². The summed E-state index contributed by atoms with van der Waals surface area (Å²) < 4.78 is 5.03. The van der Waals surface area contributed by atoms with Crippen LogP contribution in [0.5, 0.6) is 0 Å². The van der Waals surface area contributed by atoms with Crippen molar-refractivity contribution in [2.24, 2.45) is 5.92 Å². The molecular formula is C6H12O3. The molecule has 0 amide bonds. The van der Waals surface area contributed by atoms with E-state index >= 15 is 0 Å². The Labute approximate surface area is 54.3 Å². The van der Waals surface area contributed by atoms with Crippen LogP contribution >= 0.6 is 0 Å². The first kappa shape index (κ1) is 6.99. The molecule has 3 heteroatoms. The minimum absolute atomic E-state index is 0.0779. The van der Waals surface area contributed by atoms with Crippen LogP contribution in [-0.2, 0) is 4.74 Å². The molecule has 1 heterocycles. The second-order valence-corrected chi connectivity index (χ2v) is 2.52. The summed E-state index contributed by atoms with van der Waals surface area (Å²) in [6.07, 6.45) is -0.824. The minimum Gasteiger partial charge on any atom is -0.394 e. The largest absolute Gasteiger partial charge is 0.394 e. The number of rotatable bonds is 1. The van der Waals surface area contributed by atoms with Crippen molar-refractivity contribution in [3.8, 4) is 0 Å². The van der Waals surface area contributed by atoms with Gasteiger partial charge in [-0.15, -0.1) is 0 Å². The average Bonchev–Trinajstić information content (AvgIpc) is 2.15. The number of ether oxygens (including phenoxy) is 1. The van der Waals surface area contributed by atoms with Gasteiger partial charge in [-0.1, -0.05) is 6.92 Å². The Balaban J connectivity index is 2.41. The summed E-state index contributed by atoms with van der Waals surface area (Å²) in [7, 11) is 0. The maximum absolute atomic E-state index is 9.17. The van der Waals surface area contributed by atoms with Gasteiger partial charge >= 0.3 is 0 Å². The molecular weight excluding hydrogens is 120 g/mol. The second kappa shape index (κ2) is 2.64. The summed E-state index contributed by atoms with van der Waals surface area (Å²) in [5.41, 5.74) is 0. The molecule has 0 radical (unpaired) electrons. The third-order valence-corrected chi connectivity index (χ3v) is 1.72. The van der Waals surface area contributed by atoms with Gasteiger partial charge < -0.3 is 14.9 Å².